The summed E-state index contributed by atoms with van der Waals surface area (Å²) in [6, 6.07) is 14.9. The van der Waals surface area contributed by atoms with Crippen molar-refractivity contribution in [1.82, 2.24) is 14.8 Å². The van der Waals surface area contributed by atoms with Crippen LogP contribution < -0.4 is 0 Å². The summed E-state index contributed by atoms with van der Waals surface area (Å²) in [5.41, 5.74) is 7.34. The fraction of sp³-hybridized carbons (Fsp3) is 0.250. The van der Waals surface area contributed by atoms with E-state index in [9.17, 15) is 0 Å². The molecule has 1 heterocycles. The molecule has 1 aromatic heterocycles. The second-order valence-corrected chi connectivity index (χ2v) is 7.53. The average molecular weight is 390 g/mol. The van der Waals surface area contributed by atoms with Gasteiger partial charge in [-0.05, 0) is 47.2 Å². The molecule has 0 amide bonds. The third-order valence-electron chi connectivity index (χ3n) is 4.79. The zero-order valence-electron chi connectivity index (χ0n) is 17.1. The molecule has 28 heavy (non-hydrogen) atoms. The Hall–Kier alpha value is -2.59. The molecule has 1 aliphatic rings. The van der Waals surface area contributed by atoms with Crippen molar-refractivity contribution in [2.75, 3.05) is 5.75 Å². The normalized spacial score (nSPS) is 11.7. The van der Waals surface area contributed by atoms with Crippen LogP contribution in [-0.4, -0.2) is 20.5 Å². The fourth-order valence-electron chi connectivity index (χ4n) is 3.20. The molecule has 0 atom stereocenters. The molecule has 2 aromatic carbocycles. The molecule has 0 unspecified atom stereocenters. The lowest BCUT2D eigenvalue weighted by atomic mass is 10.0. The van der Waals surface area contributed by atoms with E-state index in [0.29, 0.717) is 0 Å². The molecule has 0 fully saturated rings. The standard InChI is InChI=1S/C22H21N3S.C2H6/c1-15-7-4-5-10-20(15)21-23-24-22(25(21)3)26-14-16(2)18-12-11-17-8-6-9-19(17)13-18;1-2/h4-7,9-13H,2,8,14H2,1,3H3;1-2H3. The molecule has 0 spiro atoms. The first kappa shape index (κ1) is 20.2. The van der Waals surface area contributed by atoms with Crippen molar-refractivity contribution < 1.29 is 0 Å². The zero-order valence-corrected chi connectivity index (χ0v) is 17.9. The van der Waals surface area contributed by atoms with E-state index in [2.05, 4.69) is 70.8 Å². The fourth-order valence-corrected chi connectivity index (χ4v) is 4.05. The lowest BCUT2D eigenvalue weighted by molar-refractivity contribution is 0.794. The van der Waals surface area contributed by atoms with Gasteiger partial charge in [0.1, 0.15) is 0 Å². The minimum atomic E-state index is 0.794. The Morgan fingerprint density at radius 3 is 2.71 bits per heavy atom. The molecule has 0 bridgehead atoms. The number of thioether (sulfide) groups is 1. The highest BCUT2D eigenvalue weighted by Crippen LogP contribution is 2.29. The molecule has 4 rings (SSSR count). The van der Waals surface area contributed by atoms with E-state index in [-0.39, 0.29) is 0 Å². The predicted octanol–water partition coefficient (Wildman–Crippen LogP) is 6.19. The lowest BCUT2D eigenvalue weighted by Gasteiger charge is -2.09. The van der Waals surface area contributed by atoms with Crippen molar-refractivity contribution in [3.8, 4) is 11.4 Å². The van der Waals surface area contributed by atoms with E-state index < -0.39 is 0 Å². The van der Waals surface area contributed by atoms with Crippen LogP contribution in [0.3, 0.4) is 0 Å². The Bertz CT molecular complexity index is 1010. The zero-order chi connectivity index (χ0) is 20.1. The highest BCUT2D eigenvalue weighted by molar-refractivity contribution is 7.99. The molecular weight excluding hydrogens is 362 g/mol. The highest BCUT2D eigenvalue weighted by atomic mass is 32.2. The van der Waals surface area contributed by atoms with Gasteiger partial charge in [-0.3, -0.25) is 0 Å². The van der Waals surface area contributed by atoms with Gasteiger partial charge in [-0.25, -0.2) is 0 Å². The molecule has 144 valence electrons. The molecule has 0 N–H and O–H groups in total. The third-order valence-corrected chi connectivity index (χ3v) is 5.89. The van der Waals surface area contributed by atoms with Gasteiger partial charge in [-0.2, -0.15) is 0 Å². The third kappa shape index (κ3) is 4.12. The molecule has 0 saturated carbocycles. The van der Waals surface area contributed by atoms with Gasteiger partial charge in [-0.15, -0.1) is 10.2 Å². The van der Waals surface area contributed by atoms with Crippen LogP contribution in [0.5, 0.6) is 0 Å². The number of allylic oxidation sites excluding steroid dienone is 1. The van der Waals surface area contributed by atoms with Crippen LogP contribution in [0.15, 0.2) is 60.3 Å². The smallest absolute Gasteiger partial charge is 0.191 e. The van der Waals surface area contributed by atoms with E-state index in [4.69, 9.17) is 0 Å². The Balaban J connectivity index is 0.00000109. The van der Waals surface area contributed by atoms with Crippen molar-refractivity contribution in [3.63, 3.8) is 0 Å². The van der Waals surface area contributed by atoms with Crippen molar-refractivity contribution in [3.05, 3.63) is 77.4 Å². The first-order valence-electron chi connectivity index (χ1n) is 9.69. The number of rotatable bonds is 5. The van der Waals surface area contributed by atoms with Crippen LogP contribution >= 0.6 is 11.8 Å². The van der Waals surface area contributed by atoms with Crippen LogP contribution in [0.2, 0.25) is 0 Å². The summed E-state index contributed by atoms with van der Waals surface area (Å²) >= 11 is 1.68. The maximum atomic E-state index is 4.40. The lowest BCUT2D eigenvalue weighted by Crippen LogP contribution is -1.97. The predicted molar refractivity (Wildman–Crippen MR) is 121 cm³/mol. The molecule has 3 nitrogen and oxygen atoms in total. The largest absolute Gasteiger partial charge is 0.305 e. The number of aromatic nitrogens is 3. The minimum Gasteiger partial charge on any atom is -0.305 e. The SMILES string of the molecule is C=C(CSc1nnc(-c2ccccc2C)n1C)c1ccc2c(c1)C=CC2.CC. The van der Waals surface area contributed by atoms with Crippen LogP contribution in [0.1, 0.15) is 36.1 Å². The number of benzene rings is 2. The van der Waals surface area contributed by atoms with Gasteiger partial charge in [0, 0.05) is 18.4 Å². The summed E-state index contributed by atoms with van der Waals surface area (Å²) in [6.07, 6.45) is 5.44. The number of fused-ring (bicyclic) bond motifs is 1. The van der Waals surface area contributed by atoms with Crippen molar-refractivity contribution in [1.29, 1.82) is 0 Å². The van der Waals surface area contributed by atoms with Crippen molar-refractivity contribution in [2.24, 2.45) is 7.05 Å². The Morgan fingerprint density at radius 2 is 1.93 bits per heavy atom. The highest BCUT2D eigenvalue weighted by Gasteiger charge is 2.14. The summed E-state index contributed by atoms with van der Waals surface area (Å²) in [7, 11) is 2.02. The van der Waals surface area contributed by atoms with E-state index in [1.807, 2.05) is 33.0 Å². The Labute approximate surface area is 172 Å². The van der Waals surface area contributed by atoms with Crippen LogP contribution in [0.25, 0.3) is 23.0 Å². The monoisotopic (exact) mass is 389 g/mol. The van der Waals surface area contributed by atoms with Crippen LogP contribution in [0, 0.1) is 6.92 Å². The van der Waals surface area contributed by atoms with Gasteiger partial charge in [0.25, 0.3) is 0 Å². The van der Waals surface area contributed by atoms with Crippen molar-refractivity contribution in [2.45, 2.75) is 32.3 Å². The molecule has 0 aliphatic heterocycles. The average Bonchev–Trinajstić information content (AvgIpc) is 3.34. The second kappa shape index (κ2) is 9.07. The Morgan fingerprint density at radius 1 is 1.14 bits per heavy atom. The maximum absolute atomic E-state index is 4.40. The summed E-state index contributed by atoms with van der Waals surface area (Å²) < 4.78 is 2.06. The van der Waals surface area contributed by atoms with Gasteiger partial charge in [0.2, 0.25) is 0 Å². The van der Waals surface area contributed by atoms with Gasteiger partial charge in [-0.1, -0.05) is 80.7 Å². The number of hydrogen-bond acceptors (Lipinski definition) is 3. The summed E-state index contributed by atoms with van der Waals surface area (Å²) in [4.78, 5) is 0. The second-order valence-electron chi connectivity index (χ2n) is 6.59. The van der Waals surface area contributed by atoms with E-state index in [0.717, 1.165) is 34.3 Å². The summed E-state index contributed by atoms with van der Waals surface area (Å²) in [5, 5.41) is 9.69. The van der Waals surface area contributed by atoms with Gasteiger partial charge in [0.15, 0.2) is 11.0 Å². The molecule has 0 radical (unpaired) electrons. The Kier molecular flexibility index (Phi) is 6.53. The molecular formula is C24H27N3S. The van der Waals surface area contributed by atoms with Gasteiger partial charge >= 0.3 is 0 Å². The number of nitrogens with zero attached hydrogens (tertiary/aromatic N) is 3. The van der Waals surface area contributed by atoms with E-state index in [1.165, 1.54) is 22.3 Å². The summed E-state index contributed by atoms with van der Waals surface area (Å²) in [5.74, 6) is 1.70. The van der Waals surface area contributed by atoms with E-state index >= 15 is 0 Å². The summed E-state index contributed by atoms with van der Waals surface area (Å²) in [6.45, 7) is 10.4. The minimum absolute atomic E-state index is 0.794. The van der Waals surface area contributed by atoms with Crippen LogP contribution in [0.4, 0.5) is 0 Å². The first-order valence-corrected chi connectivity index (χ1v) is 10.7. The maximum Gasteiger partial charge on any atom is 0.191 e. The quantitative estimate of drug-likeness (QED) is 0.487. The van der Waals surface area contributed by atoms with E-state index in [1.54, 1.807) is 11.8 Å². The van der Waals surface area contributed by atoms with Crippen molar-refractivity contribution >= 4 is 23.4 Å². The molecule has 1 aliphatic carbocycles. The molecule has 3 aromatic rings. The van der Waals surface area contributed by atoms with Gasteiger partial charge in [0.05, 0.1) is 0 Å². The molecule has 4 heteroatoms. The number of aryl methyl sites for hydroxylation is 1. The first-order chi connectivity index (χ1) is 13.6. The van der Waals surface area contributed by atoms with Crippen LogP contribution in [-0.2, 0) is 13.5 Å². The molecule has 0 saturated heterocycles. The number of hydrogen-bond donors (Lipinski definition) is 0. The van der Waals surface area contributed by atoms with Gasteiger partial charge < -0.3 is 4.57 Å². The topological polar surface area (TPSA) is 30.7 Å².